The summed E-state index contributed by atoms with van der Waals surface area (Å²) in [5.74, 6) is -0.419. The number of rotatable bonds is 5. The molecule has 0 bridgehead atoms. The summed E-state index contributed by atoms with van der Waals surface area (Å²) in [7, 11) is 0. The maximum Gasteiger partial charge on any atom is 0.341 e. The first kappa shape index (κ1) is 20.9. The number of ether oxygens (including phenoxy) is 1. The van der Waals surface area contributed by atoms with Crippen LogP contribution in [-0.2, 0) is 16.0 Å². The fourth-order valence-corrected chi connectivity index (χ4v) is 5.01. The Morgan fingerprint density at radius 1 is 1.32 bits per heavy atom. The summed E-state index contributed by atoms with van der Waals surface area (Å²) in [6.45, 7) is 4.18. The van der Waals surface area contributed by atoms with Crippen LogP contribution in [0.3, 0.4) is 0 Å². The molecule has 7 heteroatoms. The van der Waals surface area contributed by atoms with Crippen molar-refractivity contribution in [2.75, 3.05) is 11.9 Å². The number of anilines is 1. The van der Waals surface area contributed by atoms with Gasteiger partial charge in [-0.05, 0) is 61.4 Å². The molecule has 1 aliphatic rings. The second-order valence-corrected chi connectivity index (χ2v) is 8.57. The van der Waals surface area contributed by atoms with E-state index in [-0.39, 0.29) is 17.8 Å². The molecule has 0 fully saturated rings. The number of halogens is 2. The molecule has 1 aromatic heterocycles. The third-order valence-electron chi connectivity index (χ3n) is 4.64. The standard InChI is InChI=1S/C21H21Cl2NO3S/c1-3-27-21(26)19-18-12(2)5-4-6-16(18)28-20(19)24-17(25)10-8-13-7-9-14(22)15(23)11-13/h7-12H,3-6H2,1-2H3,(H,24,25). The molecule has 28 heavy (non-hydrogen) atoms. The van der Waals surface area contributed by atoms with Crippen LogP contribution in [0.25, 0.3) is 6.08 Å². The Morgan fingerprint density at radius 2 is 2.11 bits per heavy atom. The van der Waals surface area contributed by atoms with Gasteiger partial charge in [-0.3, -0.25) is 4.79 Å². The molecule has 1 N–H and O–H groups in total. The number of nitrogens with one attached hydrogen (secondary N) is 1. The predicted molar refractivity (Wildman–Crippen MR) is 116 cm³/mol. The lowest BCUT2D eigenvalue weighted by molar-refractivity contribution is -0.111. The summed E-state index contributed by atoms with van der Waals surface area (Å²) in [4.78, 5) is 26.2. The number of esters is 1. The summed E-state index contributed by atoms with van der Waals surface area (Å²) in [5.41, 5.74) is 2.29. The minimum atomic E-state index is -0.377. The average molecular weight is 438 g/mol. The molecule has 148 valence electrons. The maximum atomic E-state index is 12.6. The van der Waals surface area contributed by atoms with E-state index >= 15 is 0 Å². The second-order valence-electron chi connectivity index (χ2n) is 6.65. The van der Waals surface area contributed by atoms with Crippen molar-refractivity contribution in [3.8, 4) is 0 Å². The van der Waals surface area contributed by atoms with Gasteiger partial charge in [0.25, 0.3) is 0 Å². The Hall–Kier alpha value is -1.82. The fraction of sp³-hybridized carbons (Fsp3) is 0.333. The number of thiophene rings is 1. The van der Waals surface area contributed by atoms with Crippen LogP contribution in [-0.4, -0.2) is 18.5 Å². The highest BCUT2D eigenvalue weighted by Crippen LogP contribution is 2.43. The first-order chi connectivity index (χ1) is 13.4. The number of amides is 1. The first-order valence-corrected chi connectivity index (χ1v) is 10.7. The smallest absolute Gasteiger partial charge is 0.341 e. The van der Waals surface area contributed by atoms with Gasteiger partial charge in [-0.2, -0.15) is 0 Å². The van der Waals surface area contributed by atoms with Crippen molar-refractivity contribution >= 4 is 57.5 Å². The van der Waals surface area contributed by atoms with Crippen LogP contribution in [0.15, 0.2) is 24.3 Å². The molecule has 1 amide bonds. The van der Waals surface area contributed by atoms with Gasteiger partial charge in [0.2, 0.25) is 5.91 Å². The van der Waals surface area contributed by atoms with Crippen LogP contribution < -0.4 is 5.32 Å². The normalized spacial score (nSPS) is 16.1. The van der Waals surface area contributed by atoms with Crippen LogP contribution in [0.1, 0.15) is 59.0 Å². The summed E-state index contributed by atoms with van der Waals surface area (Å²) < 4.78 is 5.25. The molecule has 1 unspecified atom stereocenters. The van der Waals surface area contributed by atoms with Gasteiger partial charge in [0.1, 0.15) is 5.00 Å². The van der Waals surface area contributed by atoms with Gasteiger partial charge in [0.05, 0.1) is 22.2 Å². The molecule has 1 atom stereocenters. The van der Waals surface area contributed by atoms with E-state index in [1.807, 2.05) is 0 Å². The van der Waals surface area contributed by atoms with Crippen molar-refractivity contribution in [2.45, 2.75) is 39.0 Å². The van der Waals surface area contributed by atoms with Gasteiger partial charge in [0.15, 0.2) is 0 Å². The van der Waals surface area contributed by atoms with E-state index in [0.29, 0.717) is 27.2 Å². The van der Waals surface area contributed by atoms with Crippen LogP contribution in [0.2, 0.25) is 10.0 Å². The van der Waals surface area contributed by atoms with E-state index in [9.17, 15) is 9.59 Å². The van der Waals surface area contributed by atoms with Crippen molar-refractivity contribution < 1.29 is 14.3 Å². The molecule has 4 nitrogen and oxygen atoms in total. The summed E-state index contributed by atoms with van der Waals surface area (Å²) in [5, 5.41) is 4.30. The minimum Gasteiger partial charge on any atom is -0.462 e. The SMILES string of the molecule is CCOC(=O)c1c(NC(=O)C=Cc2ccc(Cl)c(Cl)c2)sc2c1C(C)CCC2. The number of fused-ring (bicyclic) bond motifs is 1. The molecule has 1 aromatic carbocycles. The molecular weight excluding hydrogens is 417 g/mol. The van der Waals surface area contributed by atoms with Gasteiger partial charge in [0, 0.05) is 11.0 Å². The Kier molecular flexibility index (Phi) is 6.81. The molecule has 1 heterocycles. The van der Waals surface area contributed by atoms with Crippen molar-refractivity contribution in [3.63, 3.8) is 0 Å². The lowest BCUT2D eigenvalue weighted by atomic mass is 9.86. The minimum absolute atomic E-state index is 0.275. The molecule has 0 aliphatic heterocycles. The quantitative estimate of drug-likeness (QED) is 0.439. The van der Waals surface area contributed by atoms with Gasteiger partial charge in [-0.25, -0.2) is 4.79 Å². The Bertz CT molecular complexity index is 936. The fourth-order valence-electron chi connectivity index (χ4n) is 3.35. The lowest BCUT2D eigenvalue weighted by Gasteiger charge is -2.19. The van der Waals surface area contributed by atoms with Gasteiger partial charge < -0.3 is 10.1 Å². The van der Waals surface area contributed by atoms with Crippen LogP contribution in [0, 0.1) is 0 Å². The topological polar surface area (TPSA) is 55.4 Å². The Morgan fingerprint density at radius 3 is 2.82 bits per heavy atom. The summed E-state index contributed by atoms with van der Waals surface area (Å²) >= 11 is 13.4. The van der Waals surface area contributed by atoms with Crippen LogP contribution in [0.4, 0.5) is 5.00 Å². The van der Waals surface area contributed by atoms with E-state index in [0.717, 1.165) is 35.3 Å². The van der Waals surface area contributed by atoms with Crippen molar-refractivity contribution in [3.05, 3.63) is 55.9 Å². The molecule has 2 aromatic rings. The van der Waals surface area contributed by atoms with Crippen molar-refractivity contribution in [1.82, 2.24) is 0 Å². The van der Waals surface area contributed by atoms with Gasteiger partial charge in [-0.1, -0.05) is 36.2 Å². The molecule has 0 saturated carbocycles. The number of hydrogen-bond acceptors (Lipinski definition) is 4. The predicted octanol–water partition coefficient (Wildman–Crippen LogP) is 6.32. The van der Waals surface area contributed by atoms with E-state index < -0.39 is 0 Å². The average Bonchev–Trinajstić information content (AvgIpc) is 3.02. The zero-order chi connectivity index (χ0) is 20.3. The van der Waals surface area contributed by atoms with E-state index in [2.05, 4.69) is 12.2 Å². The molecule has 1 aliphatic carbocycles. The largest absolute Gasteiger partial charge is 0.462 e. The highest BCUT2D eigenvalue weighted by atomic mass is 35.5. The van der Waals surface area contributed by atoms with Crippen molar-refractivity contribution in [1.29, 1.82) is 0 Å². The van der Waals surface area contributed by atoms with Crippen molar-refractivity contribution in [2.24, 2.45) is 0 Å². The molecule has 0 spiro atoms. The highest BCUT2D eigenvalue weighted by Gasteiger charge is 2.30. The number of aryl methyl sites for hydroxylation is 1. The monoisotopic (exact) mass is 437 g/mol. The first-order valence-electron chi connectivity index (χ1n) is 9.17. The maximum absolute atomic E-state index is 12.6. The highest BCUT2D eigenvalue weighted by molar-refractivity contribution is 7.17. The number of hydrogen-bond donors (Lipinski definition) is 1. The summed E-state index contributed by atoms with van der Waals surface area (Å²) in [6, 6.07) is 5.13. The van der Waals surface area contributed by atoms with Crippen LogP contribution >= 0.6 is 34.5 Å². The third kappa shape index (κ3) is 4.59. The molecule has 3 rings (SSSR count). The zero-order valence-electron chi connectivity index (χ0n) is 15.7. The molecular formula is C21H21Cl2NO3S. The van der Waals surface area contributed by atoms with Gasteiger partial charge >= 0.3 is 5.97 Å². The molecule has 0 saturated heterocycles. The van der Waals surface area contributed by atoms with E-state index in [1.165, 1.54) is 17.4 Å². The summed E-state index contributed by atoms with van der Waals surface area (Å²) in [6.07, 6.45) is 6.10. The molecule has 0 radical (unpaired) electrons. The lowest BCUT2D eigenvalue weighted by Crippen LogP contribution is -2.15. The Balaban J connectivity index is 1.84. The Labute approximate surface area is 178 Å². The van der Waals surface area contributed by atoms with E-state index in [4.69, 9.17) is 27.9 Å². The second kappa shape index (κ2) is 9.12. The third-order valence-corrected chi connectivity index (χ3v) is 6.56. The van der Waals surface area contributed by atoms with Crippen LogP contribution in [0.5, 0.6) is 0 Å². The number of carbonyl (C=O) groups excluding carboxylic acids is 2. The number of benzene rings is 1. The number of carbonyl (C=O) groups is 2. The van der Waals surface area contributed by atoms with E-state index in [1.54, 1.807) is 31.2 Å². The van der Waals surface area contributed by atoms with Gasteiger partial charge in [-0.15, -0.1) is 11.3 Å². The zero-order valence-corrected chi connectivity index (χ0v) is 18.0.